The Bertz CT molecular complexity index is 1380. The van der Waals surface area contributed by atoms with E-state index in [4.69, 9.17) is 14.4 Å². The molecule has 1 aliphatic rings. The Morgan fingerprint density at radius 1 is 0.946 bits per heavy atom. The third kappa shape index (κ3) is 5.35. The maximum Gasteiger partial charge on any atom is 0.416 e. The molecule has 6 nitrogen and oxygen atoms in total. The highest BCUT2D eigenvalue weighted by molar-refractivity contribution is 5.91. The topological polar surface area (TPSA) is 62.5 Å². The van der Waals surface area contributed by atoms with Crippen LogP contribution in [0.4, 0.5) is 19.0 Å². The van der Waals surface area contributed by atoms with Crippen molar-refractivity contribution in [2.24, 2.45) is 0 Å². The number of aromatic nitrogens is 2. The molecule has 0 N–H and O–H groups in total. The second-order valence-corrected chi connectivity index (χ2v) is 8.93. The highest BCUT2D eigenvalue weighted by Gasteiger charge is 2.31. The van der Waals surface area contributed by atoms with Gasteiger partial charge in [-0.05, 0) is 30.7 Å². The van der Waals surface area contributed by atoms with Gasteiger partial charge in [-0.3, -0.25) is 4.79 Å². The number of benzene rings is 2. The van der Waals surface area contributed by atoms with E-state index >= 15 is 0 Å². The number of anilines is 1. The number of carbonyl (C=O) groups is 1. The zero-order valence-electron chi connectivity index (χ0n) is 20.2. The summed E-state index contributed by atoms with van der Waals surface area (Å²) in [5.41, 5.74) is 2.17. The zero-order chi connectivity index (χ0) is 26.0. The van der Waals surface area contributed by atoms with Crippen LogP contribution in [-0.4, -0.2) is 47.0 Å². The van der Waals surface area contributed by atoms with Gasteiger partial charge in [-0.1, -0.05) is 48.5 Å². The van der Waals surface area contributed by atoms with E-state index in [1.807, 2.05) is 37.3 Å². The van der Waals surface area contributed by atoms with E-state index in [1.54, 1.807) is 23.1 Å². The molecule has 37 heavy (non-hydrogen) atoms. The molecule has 4 aromatic rings. The first kappa shape index (κ1) is 24.5. The van der Waals surface area contributed by atoms with Crippen LogP contribution in [0.15, 0.2) is 77.4 Å². The first-order valence-corrected chi connectivity index (χ1v) is 12.0. The van der Waals surface area contributed by atoms with E-state index in [2.05, 4.69) is 4.90 Å². The average Bonchev–Trinajstić information content (AvgIpc) is 3.45. The molecule has 1 fully saturated rings. The molecule has 9 heteroatoms. The first-order chi connectivity index (χ1) is 17.8. The van der Waals surface area contributed by atoms with Crippen LogP contribution in [-0.2, 0) is 12.6 Å². The van der Waals surface area contributed by atoms with Crippen molar-refractivity contribution in [2.45, 2.75) is 19.5 Å². The van der Waals surface area contributed by atoms with Crippen LogP contribution < -0.4 is 4.90 Å². The fourth-order valence-corrected chi connectivity index (χ4v) is 4.50. The molecule has 0 aliphatic carbocycles. The highest BCUT2D eigenvalue weighted by Crippen LogP contribution is 2.32. The molecule has 5 rings (SSSR count). The van der Waals surface area contributed by atoms with Gasteiger partial charge >= 0.3 is 6.18 Å². The van der Waals surface area contributed by atoms with Crippen LogP contribution in [0.25, 0.3) is 11.4 Å². The van der Waals surface area contributed by atoms with E-state index in [0.717, 1.165) is 17.2 Å². The van der Waals surface area contributed by atoms with Crippen LogP contribution in [0.3, 0.4) is 0 Å². The number of furan rings is 1. The van der Waals surface area contributed by atoms with Crippen molar-refractivity contribution < 1.29 is 22.4 Å². The number of halogens is 3. The number of nitrogens with zero attached hydrogens (tertiary/aromatic N) is 4. The van der Waals surface area contributed by atoms with E-state index in [9.17, 15) is 18.0 Å². The molecule has 1 saturated heterocycles. The number of hydrogen-bond acceptors (Lipinski definition) is 5. The normalized spacial score (nSPS) is 14.2. The van der Waals surface area contributed by atoms with E-state index < -0.39 is 11.7 Å². The Morgan fingerprint density at radius 2 is 1.70 bits per heavy atom. The largest absolute Gasteiger partial charge is 0.459 e. The number of alkyl halides is 3. The fraction of sp³-hybridized carbons (Fsp3) is 0.250. The molecule has 0 saturated carbocycles. The van der Waals surface area contributed by atoms with Crippen LogP contribution in [0.2, 0.25) is 0 Å². The number of amides is 1. The van der Waals surface area contributed by atoms with Crippen molar-refractivity contribution in [1.82, 2.24) is 14.9 Å². The lowest BCUT2D eigenvalue weighted by Crippen LogP contribution is -2.49. The molecule has 0 atom stereocenters. The summed E-state index contributed by atoms with van der Waals surface area (Å²) in [6.07, 6.45) is -2.69. The molecule has 190 valence electrons. The van der Waals surface area contributed by atoms with Crippen molar-refractivity contribution in [3.8, 4) is 11.4 Å². The SMILES string of the molecule is Cc1nc(-c2ccccc2)nc(N2CCN(C(=O)c3ccco3)CC2)c1Cc1cccc(C(F)(F)F)c1. The van der Waals surface area contributed by atoms with Crippen LogP contribution in [0.1, 0.15) is 32.9 Å². The molecule has 0 bridgehead atoms. The number of hydrogen-bond donors (Lipinski definition) is 0. The molecular weight excluding hydrogens is 481 g/mol. The minimum atomic E-state index is -4.42. The Balaban J connectivity index is 1.47. The Morgan fingerprint density at radius 3 is 2.38 bits per heavy atom. The molecule has 0 radical (unpaired) electrons. The lowest BCUT2D eigenvalue weighted by atomic mass is 10.0. The van der Waals surface area contributed by atoms with E-state index in [1.165, 1.54) is 18.4 Å². The minimum Gasteiger partial charge on any atom is -0.459 e. The van der Waals surface area contributed by atoms with Gasteiger partial charge in [0.2, 0.25) is 0 Å². The minimum absolute atomic E-state index is 0.169. The van der Waals surface area contributed by atoms with Gasteiger partial charge in [0.15, 0.2) is 11.6 Å². The maximum absolute atomic E-state index is 13.3. The summed E-state index contributed by atoms with van der Waals surface area (Å²) in [5.74, 6) is 1.35. The van der Waals surface area contributed by atoms with Crippen molar-refractivity contribution in [2.75, 3.05) is 31.1 Å². The van der Waals surface area contributed by atoms with Crippen molar-refractivity contribution in [3.63, 3.8) is 0 Å². The summed E-state index contributed by atoms with van der Waals surface area (Å²) < 4.78 is 45.2. The first-order valence-electron chi connectivity index (χ1n) is 12.0. The molecule has 2 aromatic heterocycles. The van der Waals surface area contributed by atoms with E-state index in [0.29, 0.717) is 54.8 Å². The van der Waals surface area contributed by atoms with Gasteiger partial charge in [-0.2, -0.15) is 13.2 Å². The second-order valence-electron chi connectivity index (χ2n) is 8.93. The predicted molar refractivity (Wildman–Crippen MR) is 133 cm³/mol. The summed E-state index contributed by atoms with van der Waals surface area (Å²) in [7, 11) is 0. The third-order valence-corrected chi connectivity index (χ3v) is 6.46. The zero-order valence-corrected chi connectivity index (χ0v) is 20.2. The van der Waals surface area contributed by atoms with Crippen LogP contribution >= 0.6 is 0 Å². The van der Waals surface area contributed by atoms with Crippen molar-refractivity contribution in [1.29, 1.82) is 0 Å². The summed E-state index contributed by atoms with van der Waals surface area (Å²) in [4.78, 5) is 26.1. The Labute approximate surface area is 212 Å². The maximum atomic E-state index is 13.3. The van der Waals surface area contributed by atoms with Gasteiger partial charge in [-0.15, -0.1) is 0 Å². The summed E-state index contributed by atoms with van der Waals surface area (Å²) in [6.45, 7) is 3.83. The molecule has 0 unspecified atom stereocenters. The van der Waals surface area contributed by atoms with Gasteiger partial charge in [0, 0.05) is 49.4 Å². The lowest BCUT2D eigenvalue weighted by molar-refractivity contribution is -0.137. The summed E-state index contributed by atoms with van der Waals surface area (Å²) in [5, 5.41) is 0. The summed E-state index contributed by atoms with van der Waals surface area (Å²) in [6, 6.07) is 18.2. The molecule has 2 aromatic carbocycles. The highest BCUT2D eigenvalue weighted by atomic mass is 19.4. The van der Waals surface area contributed by atoms with Crippen LogP contribution in [0.5, 0.6) is 0 Å². The fourth-order valence-electron chi connectivity index (χ4n) is 4.50. The van der Waals surface area contributed by atoms with Gasteiger partial charge in [0.05, 0.1) is 11.8 Å². The van der Waals surface area contributed by atoms with Gasteiger partial charge < -0.3 is 14.2 Å². The summed E-state index contributed by atoms with van der Waals surface area (Å²) >= 11 is 0. The number of aryl methyl sites for hydroxylation is 1. The average molecular weight is 507 g/mol. The molecule has 0 spiro atoms. The Kier molecular flexibility index (Phi) is 6.69. The third-order valence-electron chi connectivity index (χ3n) is 6.46. The van der Waals surface area contributed by atoms with Crippen LogP contribution in [0, 0.1) is 6.92 Å². The Hall–Kier alpha value is -4.14. The number of piperazine rings is 1. The van der Waals surface area contributed by atoms with Gasteiger partial charge in [-0.25, -0.2) is 9.97 Å². The number of carbonyl (C=O) groups excluding carboxylic acids is 1. The molecule has 1 amide bonds. The van der Waals surface area contributed by atoms with Gasteiger partial charge in [0.1, 0.15) is 5.82 Å². The lowest BCUT2D eigenvalue weighted by Gasteiger charge is -2.36. The predicted octanol–water partition coefficient (Wildman–Crippen LogP) is 5.62. The van der Waals surface area contributed by atoms with E-state index in [-0.39, 0.29) is 12.3 Å². The standard InChI is InChI=1S/C28H25F3N4O2/c1-19-23(18-20-7-5-10-22(17-20)28(29,30)31)26(33-25(32-19)21-8-3-2-4-9-21)34-12-14-35(15-13-34)27(36)24-11-6-16-37-24/h2-11,16-17H,12-15,18H2,1H3. The van der Waals surface area contributed by atoms with Gasteiger partial charge in [0.25, 0.3) is 5.91 Å². The number of rotatable bonds is 5. The monoisotopic (exact) mass is 506 g/mol. The van der Waals surface area contributed by atoms with Crippen molar-refractivity contribution >= 4 is 11.7 Å². The second kappa shape index (κ2) is 10.1. The molecule has 1 aliphatic heterocycles. The smallest absolute Gasteiger partial charge is 0.416 e. The quantitative estimate of drug-likeness (QED) is 0.352. The molecular formula is C28H25F3N4O2. The van der Waals surface area contributed by atoms with Crippen molar-refractivity contribution in [3.05, 3.63) is 101 Å². The molecule has 3 heterocycles.